The van der Waals surface area contributed by atoms with Crippen molar-refractivity contribution in [2.75, 3.05) is 17.4 Å². The number of anilines is 1. The smallest absolute Gasteiger partial charge is 0.322 e. The highest BCUT2D eigenvalue weighted by atomic mass is 32.2. The number of rotatable bonds is 8. The first kappa shape index (κ1) is 19.2. The van der Waals surface area contributed by atoms with Crippen molar-refractivity contribution in [2.45, 2.75) is 50.6 Å². The molecule has 0 aromatic carbocycles. The zero-order chi connectivity index (χ0) is 20.0. The SMILES string of the molecule is CSCC[C@@H](C(=O)O)N(Nc1ncnc2[nH]ccc12)C1C2CC3CC(C2)CC1C3. The number of thioether (sulfide) groups is 1. The average molecular weight is 416 g/mol. The first-order valence-corrected chi connectivity index (χ1v) is 12.1. The lowest BCUT2D eigenvalue weighted by Gasteiger charge is -2.57. The van der Waals surface area contributed by atoms with Crippen molar-refractivity contribution < 1.29 is 9.90 Å². The summed E-state index contributed by atoms with van der Waals surface area (Å²) in [5.74, 6) is 3.63. The van der Waals surface area contributed by atoms with Crippen LogP contribution in [0.3, 0.4) is 0 Å². The molecule has 3 N–H and O–H groups in total. The fourth-order valence-electron chi connectivity index (χ4n) is 6.41. The van der Waals surface area contributed by atoms with Crippen LogP contribution in [0.15, 0.2) is 18.6 Å². The Bertz CT molecular complexity index is 859. The van der Waals surface area contributed by atoms with Gasteiger partial charge in [0.1, 0.15) is 18.0 Å². The monoisotopic (exact) mass is 415 g/mol. The molecule has 0 unspecified atom stereocenters. The summed E-state index contributed by atoms with van der Waals surface area (Å²) in [6.45, 7) is 0. The summed E-state index contributed by atoms with van der Waals surface area (Å²) < 4.78 is 0. The van der Waals surface area contributed by atoms with Crippen LogP contribution in [0.25, 0.3) is 11.0 Å². The number of carboxylic acid groups (broad SMARTS) is 1. The number of hydrogen-bond acceptors (Lipinski definition) is 6. The zero-order valence-corrected chi connectivity index (χ0v) is 17.6. The lowest BCUT2D eigenvalue weighted by molar-refractivity contribution is -0.148. The molecule has 0 aliphatic heterocycles. The lowest BCUT2D eigenvalue weighted by atomic mass is 9.54. The summed E-state index contributed by atoms with van der Waals surface area (Å²) in [6.07, 6.45) is 12.4. The Morgan fingerprint density at radius 1 is 1.28 bits per heavy atom. The number of aliphatic carboxylic acids is 1. The van der Waals surface area contributed by atoms with E-state index in [9.17, 15) is 9.90 Å². The molecule has 4 bridgehead atoms. The van der Waals surface area contributed by atoms with Gasteiger partial charge in [-0.25, -0.2) is 15.0 Å². The second-order valence-electron chi connectivity index (χ2n) is 9.04. The van der Waals surface area contributed by atoms with Gasteiger partial charge in [0, 0.05) is 12.2 Å². The summed E-state index contributed by atoms with van der Waals surface area (Å²) >= 11 is 1.70. The van der Waals surface area contributed by atoms with Crippen molar-refractivity contribution in [3.05, 3.63) is 18.6 Å². The molecule has 4 fully saturated rings. The average Bonchev–Trinajstić information content (AvgIpc) is 3.16. The van der Waals surface area contributed by atoms with Gasteiger partial charge in [0.05, 0.1) is 5.39 Å². The van der Waals surface area contributed by atoms with E-state index in [0.717, 1.165) is 28.6 Å². The third kappa shape index (κ3) is 3.50. The van der Waals surface area contributed by atoms with Crippen LogP contribution in [0.2, 0.25) is 0 Å². The third-order valence-corrected chi connectivity index (χ3v) is 7.95. The summed E-state index contributed by atoms with van der Waals surface area (Å²) in [7, 11) is 0. The fourth-order valence-corrected chi connectivity index (χ4v) is 6.86. The molecule has 2 aromatic heterocycles. The number of carboxylic acids is 1. The Morgan fingerprint density at radius 3 is 2.66 bits per heavy atom. The van der Waals surface area contributed by atoms with Crippen molar-refractivity contribution in [3.8, 4) is 0 Å². The number of nitrogens with one attached hydrogen (secondary N) is 2. The molecule has 0 amide bonds. The third-order valence-electron chi connectivity index (χ3n) is 7.30. The van der Waals surface area contributed by atoms with Crippen LogP contribution >= 0.6 is 11.8 Å². The maximum absolute atomic E-state index is 12.4. The van der Waals surface area contributed by atoms with Gasteiger partial charge in [0.15, 0.2) is 5.82 Å². The molecule has 7 nitrogen and oxygen atoms in total. The molecule has 0 saturated heterocycles. The Kier molecular flexibility index (Phi) is 5.16. The minimum absolute atomic E-state index is 0.259. The molecule has 8 heteroatoms. The van der Waals surface area contributed by atoms with E-state index < -0.39 is 12.0 Å². The van der Waals surface area contributed by atoms with Gasteiger partial charge in [-0.1, -0.05) is 0 Å². The largest absolute Gasteiger partial charge is 0.480 e. The van der Waals surface area contributed by atoms with E-state index in [1.807, 2.05) is 18.5 Å². The predicted octanol–water partition coefficient (Wildman–Crippen LogP) is 3.62. The number of carbonyl (C=O) groups is 1. The van der Waals surface area contributed by atoms with E-state index >= 15 is 0 Å². The van der Waals surface area contributed by atoms with Gasteiger partial charge in [-0.2, -0.15) is 11.8 Å². The van der Waals surface area contributed by atoms with Gasteiger partial charge in [0.2, 0.25) is 0 Å². The minimum Gasteiger partial charge on any atom is -0.480 e. The zero-order valence-electron chi connectivity index (χ0n) is 16.8. The highest BCUT2D eigenvalue weighted by molar-refractivity contribution is 7.98. The van der Waals surface area contributed by atoms with Gasteiger partial charge in [-0.3, -0.25) is 4.79 Å². The van der Waals surface area contributed by atoms with Crippen LogP contribution in [-0.2, 0) is 4.79 Å². The van der Waals surface area contributed by atoms with E-state index in [1.54, 1.807) is 11.8 Å². The molecule has 0 radical (unpaired) electrons. The van der Waals surface area contributed by atoms with Crippen LogP contribution in [0.4, 0.5) is 5.82 Å². The first-order valence-electron chi connectivity index (χ1n) is 10.7. The van der Waals surface area contributed by atoms with E-state index in [0.29, 0.717) is 24.1 Å². The van der Waals surface area contributed by atoms with Gasteiger partial charge in [-0.15, -0.1) is 0 Å². The molecule has 2 aromatic rings. The van der Waals surface area contributed by atoms with Crippen molar-refractivity contribution in [1.82, 2.24) is 20.0 Å². The van der Waals surface area contributed by atoms with Crippen LogP contribution in [0.1, 0.15) is 38.5 Å². The number of hydrazine groups is 1. The number of H-pyrrole nitrogens is 1. The Hall–Kier alpha value is -1.80. The van der Waals surface area contributed by atoms with E-state index in [-0.39, 0.29) is 6.04 Å². The first-order chi connectivity index (χ1) is 14.1. The molecule has 29 heavy (non-hydrogen) atoms. The van der Waals surface area contributed by atoms with Gasteiger partial charge in [-0.05, 0) is 80.3 Å². The van der Waals surface area contributed by atoms with Crippen molar-refractivity contribution in [1.29, 1.82) is 0 Å². The van der Waals surface area contributed by atoms with E-state index in [4.69, 9.17) is 0 Å². The predicted molar refractivity (Wildman–Crippen MR) is 115 cm³/mol. The van der Waals surface area contributed by atoms with E-state index in [2.05, 4.69) is 25.4 Å². The maximum atomic E-state index is 12.4. The maximum Gasteiger partial charge on any atom is 0.322 e. The number of fused-ring (bicyclic) bond motifs is 1. The Morgan fingerprint density at radius 2 is 2.00 bits per heavy atom. The second kappa shape index (κ2) is 7.80. The standard InChI is InChI=1S/C21H29N5O2S/c1-29-5-3-17(21(27)28)26(25-20-16-2-4-22-19(16)23-11-24-20)18-14-7-12-6-13(9-14)10-15(18)8-12/h2,4,11-15,17-18H,3,5-10H2,1H3,(H,27,28)(H2,22,23,24,25)/t12?,13?,14?,15?,17-,18?/m0/s1. The molecule has 1 atom stereocenters. The van der Waals surface area contributed by atoms with Crippen LogP contribution in [0, 0.1) is 23.7 Å². The lowest BCUT2D eigenvalue weighted by Crippen LogP contribution is -2.61. The molecule has 4 aliphatic rings. The van der Waals surface area contributed by atoms with Crippen molar-refractivity contribution in [2.24, 2.45) is 23.7 Å². The minimum atomic E-state index is -0.750. The van der Waals surface area contributed by atoms with Crippen molar-refractivity contribution >= 4 is 34.6 Å². The second-order valence-corrected chi connectivity index (χ2v) is 10.0. The molecule has 156 valence electrons. The van der Waals surface area contributed by atoms with E-state index in [1.165, 1.54) is 38.4 Å². The number of hydrogen-bond donors (Lipinski definition) is 3. The Labute approximate surface area is 175 Å². The number of aromatic amines is 1. The summed E-state index contributed by atoms with van der Waals surface area (Å²) in [4.78, 5) is 24.2. The number of aromatic nitrogens is 3. The molecule has 4 saturated carbocycles. The summed E-state index contributed by atoms with van der Waals surface area (Å²) in [5.41, 5.74) is 4.27. The van der Waals surface area contributed by atoms with Crippen LogP contribution in [0.5, 0.6) is 0 Å². The molecular formula is C21H29N5O2S. The van der Waals surface area contributed by atoms with Crippen LogP contribution < -0.4 is 5.43 Å². The normalized spacial score (nSPS) is 31.4. The highest BCUT2D eigenvalue weighted by Gasteiger charge is 2.52. The topological polar surface area (TPSA) is 94.1 Å². The number of nitrogens with zero attached hydrogens (tertiary/aromatic N) is 3. The Balaban J connectivity index is 1.50. The molecule has 6 rings (SSSR count). The quantitative estimate of drug-likeness (QED) is 0.567. The van der Waals surface area contributed by atoms with Gasteiger partial charge >= 0.3 is 5.97 Å². The summed E-state index contributed by atoms with van der Waals surface area (Å²) in [6, 6.07) is 1.65. The highest BCUT2D eigenvalue weighted by Crippen LogP contribution is 2.55. The van der Waals surface area contributed by atoms with Gasteiger partial charge in [0.25, 0.3) is 0 Å². The van der Waals surface area contributed by atoms with Crippen LogP contribution in [-0.4, -0.2) is 55.1 Å². The van der Waals surface area contributed by atoms with Crippen molar-refractivity contribution in [3.63, 3.8) is 0 Å². The molecule has 2 heterocycles. The van der Waals surface area contributed by atoms with Gasteiger partial charge < -0.3 is 15.5 Å². The molecule has 4 aliphatic carbocycles. The fraction of sp³-hybridized carbons (Fsp3) is 0.667. The molecule has 0 spiro atoms. The molecular weight excluding hydrogens is 386 g/mol. The summed E-state index contributed by atoms with van der Waals surface area (Å²) in [5, 5.41) is 13.1.